The molecule has 2 saturated heterocycles. The van der Waals surface area contributed by atoms with Gasteiger partial charge >= 0.3 is 0 Å². The fourth-order valence-corrected chi connectivity index (χ4v) is 7.41. The summed E-state index contributed by atoms with van der Waals surface area (Å²) >= 11 is 0. The molecule has 3 fully saturated rings. The van der Waals surface area contributed by atoms with E-state index in [0.29, 0.717) is 31.6 Å². The number of carbonyl (C=O) groups is 1. The lowest BCUT2D eigenvalue weighted by Crippen LogP contribution is -2.60. The lowest BCUT2D eigenvalue weighted by molar-refractivity contribution is -0.165. The zero-order valence-corrected chi connectivity index (χ0v) is 26.6. The molecule has 9 nitrogen and oxygen atoms in total. The molecule has 9 heteroatoms. The van der Waals surface area contributed by atoms with Crippen LogP contribution in [0.4, 0.5) is 0 Å². The number of benzene rings is 1. The SMILES string of the molecule is COC12C=C(C)C(=O)C=C1CC2(C#N)CCCOC1CCCCO1.N#CC1(CCCOC2CCCCO2)Cc2cc(O)ccc21. The van der Waals surface area contributed by atoms with Crippen LogP contribution in [0.2, 0.25) is 0 Å². The van der Waals surface area contributed by atoms with E-state index in [4.69, 9.17) is 23.7 Å². The second kappa shape index (κ2) is 14.6. The van der Waals surface area contributed by atoms with Crippen molar-refractivity contribution in [1.82, 2.24) is 0 Å². The zero-order chi connectivity index (χ0) is 31.9. The van der Waals surface area contributed by atoms with E-state index < -0.39 is 11.0 Å². The van der Waals surface area contributed by atoms with Crippen LogP contribution in [0.15, 0.2) is 41.5 Å². The number of phenolic OH excluding ortho intramolecular Hbond substituents is 1. The third kappa shape index (κ3) is 6.89. The maximum atomic E-state index is 11.9. The number of nitriles is 2. The molecule has 0 aromatic heterocycles. The van der Waals surface area contributed by atoms with Crippen LogP contribution in [0.1, 0.15) is 88.7 Å². The van der Waals surface area contributed by atoms with Crippen LogP contribution < -0.4 is 0 Å². The summed E-state index contributed by atoms with van der Waals surface area (Å²) in [6, 6.07) is 10.2. The van der Waals surface area contributed by atoms with E-state index in [9.17, 15) is 20.4 Å². The van der Waals surface area contributed by atoms with E-state index in [0.717, 1.165) is 87.7 Å². The molecule has 3 aliphatic carbocycles. The van der Waals surface area contributed by atoms with Gasteiger partial charge in [0.05, 0.1) is 23.0 Å². The number of ether oxygens (including phenoxy) is 5. The summed E-state index contributed by atoms with van der Waals surface area (Å²) in [4.78, 5) is 11.9. The van der Waals surface area contributed by atoms with E-state index in [-0.39, 0.29) is 29.5 Å². The second-order valence-corrected chi connectivity index (χ2v) is 12.9. The van der Waals surface area contributed by atoms with Crippen LogP contribution in [0.3, 0.4) is 0 Å². The molecule has 5 aliphatic rings. The molecule has 2 aliphatic heterocycles. The molecule has 242 valence electrons. The first-order chi connectivity index (χ1) is 21.8. The van der Waals surface area contributed by atoms with Gasteiger partial charge in [-0.05, 0) is 131 Å². The highest BCUT2D eigenvalue weighted by molar-refractivity contribution is 6.06. The van der Waals surface area contributed by atoms with Gasteiger partial charge in [0.2, 0.25) is 0 Å². The van der Waals surface area contributed by atoms with Gasteiger partial charge in [-0.1, -0.05) is 6.07 Å². The average Bonchev–Trinajstić information content (AvgIpc) is 3.05. The highest BCUT2D eigenvalue weighted by atomic mass is 16.7. The van der Waals surface area contributed by atoms with Crippen molar-refractivity contribution in [2.45, 2.75) is 108 Å². The van der Waals surface area contributed by atoms with Gasteiger partial charge < -0.3 is 28.8 Å². The van der Waals surface area contributed by atoms with E-state index >= 15 is 0 Å². The Morgan fingerprint density at radius 1 is 0.956 bits per heavy atom. The quantitative estimate of drug-likeness (QED) is 0.292. The van der Waals surface area contributed by atoms with Gasteiger partial charge in [-0.2, -0.15) is 10.5 Å². The van der Waals surface area contributed by atoms with Crippen molar-refractivity contribution in [2.24, 2.45) is 5.41 Å². The molecule has 45 heavy (non-hydrogen) atoms. The fraction of sp³-hybridized carbons (Fsp3) is 0.639. The monoisotopic (exact) mass is 618 g/mol. The van der Waals surface area contributed by atoms with Gasteiger partial charge in [-0.25, -0.2) is 0 Å². The highest BCUT2D eigenvalue weighted by Crippen LogP contribution is 2.60. The second-order valence-electron chi connectivity index (χ2n) is 12.9. The topological polar surface area (TPSA) is 131 Å². The molecule has 1 N–H and O–H groups in total. The maximum Gasteiger partial charge on any atom is 0.181 e. The first-order valence-corrected chi connectivity index (χ1v) is 16.4. The van der Waals surface area contributed by atoms with E-state index in [1.165, 1.54) is 6.42 Å². The number of phenols is 1. The standard InChI is InChI=1S/C19H25NO4.C17H21NO3/c1-14-11-19(22-2)15(10-16(14)21)12-18(19,13-20)7-5-9-24-17-6-3-4-8-23-17;18-12-17(11-13-10-14(19)5-6-15(13)17)7-3-9-21-16-4-1-2-8-20-16/h10-11,17H,3-9,12H2,1-2H3;5-6,10,16,19H,1-4,7-9,11H2. The number of rotatable bonds is 11. The summed E-state index contributed by atoms with van der Waals surface area (Å²) < 4.78 is 28.4. The maximum absolute atomic E-state index is 11.9. The average molecular weight is 619 g/mol. The molecule has 5 atom stereocenters. The molecule has 0 spiro atoms. The Hall–Kier alpha value is -3.05. The minimum Gasteiger partial charge on any atom is -0.508 e. The molecule has 2 heterocycles. The Kier molecular flexibility index (Phi) is 10.8. The van der Waals surface area contributed by atoms with E-state index in [1.807, 2.05) is 12.1 Å². The molecule has 1 aromatic carbocycles. The van der Waals surface area contributed by atoms with Crippen molar-refractivity contribution < 1.29 is 33.6 Å². The molecule has 1 saturated carbocycles. The van der Waals surface area contributed by atoms with Gasteiger partial charge in [0.1, 0.15) is 11.4 Å². The number of fused-ring (bicyclic) bond motifs is 2. The smallest absolute Gasteiger partial charge is 0.181 e. The van der Waals surface area contributed by atoms with Crippen LogP contribution >= 0.6 is 0 Å². The fourth-order valence-electron chi connectivity index (χ4n) is 7.41. The van der Waals surface area contributed by atoms with E-state index in [1.54, 1.807) is 32.2 Å². The zero-order valence-electron chi connectivity index (χ0n) is 26.6. The Bertz CT molecular complexity index is 1360. The van der Waals surface area contributed by atoms with Crippen LogP contribution in [0.5, 0.6) is 5.75 Å². The molecule has 5 unspecified atom stereocenters. The predicted molar refractivity (Wildman–Crippen MR) is 166 cm³/mol. The van der Waals surface area contributed by atoms with Crippen molar-refractivity contribution in [2.75, 3.05) is 33.5 Å². The number of methoxy groups -OCH3 is 1. The number of aromatic hydroxyl groups is 1. The first-order valence-electron chi connectivity index (χ1n) is 16.4. The number of hydrogen-bond acceptors (Lipinski definition) is 9. The van der Waals surface area contributed by atoms with Crippen LogP contribution in [0, 0.1) is 28.1 Å². The Balaban J connectivity index is 0.000000179. The molecule has 0 amide bonds. The summed E-state index contributed by atoms with van der Waals surface area (Å²) in [5.41, 5.74) is 1.96. The highest BCUT2D eigenvalue weighted by Gasteiger charge is 2.63. The summed E-state index contributed by atoms with van der Waals surface area (Å²) in [5, 5.41) is 28.8. The molecular weight excluding hydrogens is 572 g/mol. The van der Waals surface area contributed by atoms with Crippen LogP contribution in [-0.4, -0.2) is 62.6 Å². The van der Waals surface area contributed by atoms with Gasteiger partial charge in [-0.15, -0.1) is 0 Å². The lowest BCUT2D eigenvalue weighted by atomic mass is 9.50. The number of carbonyl (C=O) groups excluding carboxylic acids is 1. The summed E-state index contributed by atoms with van der Waals surface area (Å²) in [5.74, 6) is 0.292. The van der Waals surface area contributed by atoms with Crippen molar-refractivity contribution in [1.29, 1.82) is 10.5 Å². The summed E-state index contributed by atoms with van der Waals surface area (Å²) in [6.07, 6.45) is 14.2. The summed E-state index contributed by atoms with van der Waals surface area (Å²) in [7, 11) is 1.62. The van der Waals surface area contributed by atoms with Gasteiger partial charge in [0.25, 0.3) is 0 Å². The third-order valence-electron chi connectivity index (χ3n) is 10.0. The molecular formula is C36H46N2O7. The number of allylic oxidation sites excluding steroid dienone is 2. The predicted octanol–water partition coefficient (Wildman–Crippen LogP) is 6.10. The normalized spacial score (nSPS) is 31.7. The van der Waals surface area contributed by atoms with Gasteiger partial charge in [-0.3, -0.25) is 4.79 Å². The van der Waals surface area contributed by atoms with Crippen molar-refractivity contribution >= 4 is 5.78 Å². The van der Waals surface area contributed by atoms with E-state index in [2.05, 4.69) is 12.1 Å². The van der Waals surface area contributed by atoms with Crippen molar-refractivity contribution in [3.8, 4) is 17.9 Å². The number of hydrogen-bond donors (Lipinski definition) is 1. The molecule has 6 rings (SSSR count). The van der Waals surface area contributed by atoms with Crippen molar-refractivity contribution in [3.63, 3.8) is 0 Å². The molecule has 0 bridgehead atoms. The lowest BCUT2D eigenvalue weighted by Gasteiger charge is -2.56. The number of ketones is 1. The Morgan fingerprint density at radius 3 is 2.18 bits per heavy atom. The first kappa shape index (κ1) is 33.3. The minimum absolute atomic E-state index is 0.0157. The van der Waals surface area contributed by atoms with Crippen LogP contribution in [-0.2, 0) is 40.3 Å². The third-order valence-corrected chi connectivity index (χ3v) is 10.0. The van der Waals surface area contributed by atoms with Crippen molar-refractivity contribution in [3.05, 3.63) is 52.6 Å². The molecule has 1 aromatic rings. The molecule has 0 radical (unpaired) electrons. The minimum atomic E-state index is -0.749. The largest absolute Gasteiger partial charge is 0.508 e. The van der Waals surface area contributed by atoms with Gasteiger partial charge in [0, 0.05) is 33.5 Å². The van der Waals surface area contributed by atoms with Gasteiger partial charge in [0.15, 0.2) is 18.4 Å². The summed E-state index contributed by atoms with van der Waals surface area (Å²) in [6.45, 7) is 4.56. The Morgan fingerprint density at radius 2 is 1.62 bits per heavy atom. The Labute approximate surface area is 266 Å². The van der Waals surface area contributed by atoms with Crippen LogP contribution in [0.25, 0.3) is 0 Å². The number of nitrogens with zero attached hydrogens (tertiary/aromatic N) is 2.